The minimum absolute atomic E-state index is 0.0128. The highest BCUT2D eigenvalue weighted by molar-refractivity contribution is 7.88. The molecule has 4 aromatic carbocycles. The summed E-state index contributed by atoms with van der Waals surface area (Å²) in [5, 5.41) is 5.70. The number of nitrogens with one attached hydrogen (secondary N) is 4. The van der Waals surface area contributed by atoms with Gasteiger partial charge in [-0.1, -0.05) is 97.6 Å². The van der Waals surface area contributed by atoms with Crippen LogP contribution in [-0.4, -0.2) is 70.2 Å². The molecule has 0 aliphatic carbocycles. The number of anilines is 4. The summed E-state index contributed by atoms with van der Waals surface area (Å²) in [6.07, 6.45) is 2.94. The lowest BCUT2D eigenvalue weighted by Crippen LogP contribution is -2.37. The van der Waals surface area contributed by atoms with Crippen molar-refractivity contribution in [1.82, 2.24) is 4.72 Å². The maximum absolute atomic E-state index is 13.9. The first-order chi connectivity index (χ1) is 31.2. The summed E-state index contributed by atoms with van der Waals surface area (Å²) in [6.45, 7) is 22.7. The Morgan fingerprint density at radius 2 is 1.43 bits per heavy atom. The Labute approximate surface area is 405 Å². The molecule has 0 saturated carbocycles. The fourth-order valence-corrected chi connectivity index (χ4v) is 7.37. The summed E-state index contributed by atoms with van der Waals surface area (Å²) in [5.74, 6) is -2.04. The van der Waals surface area contributed by atoms with Gasteiger partial charge in [-0.2, -0.15) is 0 Å². The lowest BCUT2D eigenvalue weighted by atomic mass is 9.76. The Morgan fingerprint density at radius 3 is 2.04 bits per heavy atom. The van der Waals surface area contributed by atoms with Crippen molar-refractivity contribution in [2.45, 2.75) is 99.8 Å². The summed E-state index contributed by atoms with van der Waals surface area (Å²) in [6, 6.07) is 20.2. The summed E-state index contributed by atoms with van der Waals surface area (Å²) >= 11 is 12.9. The highest BCUT2D eigenvalue weighted by Gasteiger charge is 2.32. The molecular formula is C50H64Cl2N6O8S. The zero-order valence-corrected chi connectivity index (χ0v) is 42.8. The molecule has 362 valence electrons. The lowest BCUT2D eigenvalue weighted by Gasteiger charge is -2.30. The molecule has 0 saturated heterocycles. The van der Waals surface area contributed by atoms with Gasteiger partial charge in [-0.05, 0) is 109 Å². The number of sulfonamides is 1. The molecular weight excluding hydrogens is 916 g/mol. The van der Waals surface area contributed by atoms with Crippen LogP contribution in [-0.2, 0) is 40.1 Å². The number of halogens is 2. The van der Waals surface area contributed by atoms with E-state index >= 15 is 0 Å². The fourth-order valence-electron chi connectivity index (χ4n) is 6.59. The summed E-state index contributed by atoms with van der Waals surface area (Å²) in [5.41, 5.74) is 5.54. The highest BCUT2D eigenvalue weighted by Crippen LogP contribution is 2.39. The Balaban J connectivity index is 1.47. The second-order valence-corrected chi connectivity index (χ2v) is 21.3. The van der Waals surface area contributed by atoms with Gasteiger partial charge in [0.2, 0.25) is 10.0 Å². The van der Waals surface area contributed by atoms with E-state index in [1.54, 1.807) is 45.9 Å². The SMILES string of the molecule is CCN(CCNS(C)(=O)=O)c1ccc(N=C(C(=O)Nc2cc(C(=O)ONc3cc(NC(=O)COc4ccc(C(C)(C)CC)cc4C(C)(C)CC)ccc3Cl)ccc2Cl)C(=O)C(C)(C)C)c(C)c1. The maximum Gasteiger partial charge on any atom is 0.362 e. The second kappa shape index (κ2) is 22.5. The van der Waals surface area contributed by atoms with Crippen molar-refractivity contribution in [1.29, 1.82) is 0 Å². The van der Waals surface area contributed by atoms with Crippen LogP contribution in [0.2, 0.25) is 10.0 Å². The number of carbonyl (C=O) groups is 4. The molecule has 14 nitrogen and oxygen atoms in total. The van der Waals surface area contributed by atoms with Gasteiger partial charge in [0.1, 0.15) is 5.75 Å². The smallest absolute Gasteiger partial charge is 0.362 e. The molecule has 0 heterocycles. The van der Waals surface area contributed by atoms with Gasteiger partial charge in [0, 0.05) is 42.0 Å². The van der Waals surface area contributed by atoms with Crippen molar-refractivity contribution in [3.63, 3.8) is 0 Å². The van der Waals surface area contributed by atoms with Crippen LogP contribution < -0.4 is 30.5 Å². The number of Topliss-reactive ketones (excluding diaryl/α,β-unsaturated/α-hetero) is 1. The van der Waals surface area contributed by atoms with Gasteiger partial charge < -0.3 is 25.1 Å². The third-order valence-corrected chi connectivity index (χ3v) is 13.0. The summed E-state index contributed by atoms with van der Waals surface area (Å²) in [7, 11) is -3.35. The van der Waals surface area contributed by atoms with E-state index in [1.807, 2.05) is 30.0 Å². The molecule has 0 bridgehead atoms. The van der Waals surface area contributed by atoms with Gasteiger partial charge in [0.05, 0.1) is 38.9 Å². The van der Waals surface area contributed by atoms with Crippen molar-refractivity contribution in [3.05, 3.63) is 105 Å². The van der Waals surface area contributed by atoms with Gasteiger partial charge in [-0.15, -0.1) is 0 Å². The third-order valence-electron chi connectivity index (χ3n) is 11.6. The lowest BCUT2D eigenvalue weighted by molar-refractivity contribution is -0.121. The average molecular weight is 980 g/mol. The van der Waals surface area contributed by atoms with Crippen LogP contribution in [0.4, 0.5) is 28.4 Å². The molecule has 4 rings (SSSR count). The minimum Gasteiger partial charge on any atom is -0.483 e. The van der Waals surface area contributed by atoms with Crippen molar-refractivity contribution in [2.24, 2.45) is 10.4 Å². The first kappa shape index (κ1) is 54.1. The number of ether oxygens (including phenoxy) is 1. The van der Waals surface area contributed by atoms with Crippen LogP contribution in [0.3, 0.4) is 0 Å². The molecule has 0 unspecified atom stereocenters. The molecule has 0 radical (unpaired) electrons. The number of nitrogens with zero attached hydrogens (tertiary/aromatic N) is 2. The van der Waals surface area contributed by atoms with Crippen molar-refractivity contribution < 1.29 is 37.2 Å². The van der Waals surface area contributed by atoms with Gasteiger partial charge in [0.25, 0.3) is 11.8 Å². The number of carbonyl (C=O) groups excluding carboxylic acids is 4. The number of rotatable bonds is 21. The Hall–Kier alpha value is -5.48. The van der Waals surface area contributed by atoms with Gasteiger partial charge in [-0.25, -0.2) is 28.4 Å². The van der Waals surface area contributed by atoms with Gasteiger partial charge >= 0.3 is 5.97 Å². The molecule has 0 aromatic heterocycles. The van der Waals surface area contributed by atoms with Crippen LogP contribution in [0.25, 0.3) is 0 Å². The minimum atomic E-state index is -3.35. The number of aliphatic imine (C=N–C) groups is 1. The monoisotopic (exact) mass is 978 g/mol. The van der Waals surface area contributed by atoms with Crippen LogP contribution in [0.1, 0.15) is 109 Å². The largest absolute Gasteiger partial charge is 0.483 e. The van der Waals surface area contributed by atoms with Crippen molar-refractivity contribution in [3.8, 4) is 5.75 Å². The fraction of sp³-hybridized carbons (Fsp3) is 0.420. The molecule has 2 amide bonds. The number of hydrogen-bond donors (Lipinski definition) is 4. The normalized spacial score (nSPS) is 12.3. The maximum atomic E-state index is 13.9. The Kier molecular flexibility index (Phi) is 18.2. The van der Waals surface area contributed by atoms with Crippen LogP contribution in [0.15, 0.2) is 77.8 Å². The molecule has 0 aliphatic rings. The van der Waals surface area contributed by atoms with E-state index in [-0.39, 0.29) is 56.7 Å². The van der Waals surface area contributed by atoms with E-state index in [0.29, 0.717) is 35.8 Å². The molecule has 0 atom stereocenters. The predicted molar refractivity (Wildman–Crippen MR) is 271 cm³/mol. The highest BCUT2D eigenvalue weighted by atomic mass is 35.5. The molecule has 67 heavy (non-hydrogen) atoms. The van der Waals surface area contributed by atoms with E-state index in [0.717, 1.165) is 30.3 Å². The summed E-state index contributed by atoms with van der Waals surface area (Å²) < 4.78 is 31.7. The van der Waals surface area contributed by atoms with Crippen LogP contribution in [0, 0.1) is 12.3 Å². The third kappa shape index (κ3) is 15.0. The summed E-state index contributed by atoms with van der Waals surface area (Å²) in [4.78, 5) is 66.0. The van der Waals surface area contributed by atoms with E-state index in [4.69, 9.17) is 32.8 Å². The molecule has 17 heteroatoms. The van der Waals surface area contributed by atoms with E-state index < -0.39 is 39.0 Å². The molecule has 0 fully saturated rings. The number of hydrogen-bond acceptors (Lipinski definition) is 11. The van der Waals surface area contributed by atoms with E-state index in [1.165, 1.54) is 35.9 Å². The zero-order chi connectivity index (χ0) is 50.1. The first-order valence-electron chi connectivity index (χ1n) is 22.1. The Morgan fingerprint density at radius 1 is 0.776 bits per heavy atom. The van der Waals surface area contributed by atoms with Gasteiger partial charge in [-0.3, -0.25) is 14.4 Å². The van der Waals surface area contributed by atoms with Crippen molar-refractivity contribution >= 4 is 90.9 Å². The average Bonchev–Trinajstić information content (AvgIpc) is 3.26. The first-order valence-corrected chi connectivity index (χ1v) is 24.7. The number of aryl methyl sites for hydroxylation is 1. The van der Waals surface area contributed by atoms with Crippen LogP contribution in [0.5, 0.6) is 5.75 Å². The number of ketones is 1. The van der Waals surface area contributed by atoms with E-state index in [9.17, 15) is 27.6 Å². The second-order valence-electron chi connectivity index (χ2n) is 18.6. The zero-order valence-electron chi connectivity index (χ0n) is 40.5. The molecule has 0 aliphatic heterocycles. The van der Waals surface area contributed by atoms with Crippen LogP contribution >= 0.6 is 23.2 Å². The van der Waals surface area contributed by atoms with Crippen molar-refractivity contribution in [2.75, 3.05) is 53.5 Å². The Bertz CT molecular complexity index is 2620. The number of benzene rings is 4. The van der Waals surface area contributed by atoms with E-state index in [2.05, 4.69) is 73.4 Å². The predicted octanol–water partition coefficient (Wildman–Crippen LogP) is 10.6. The topological polar surface area (TPSA) is 185 Å². The number of likely N-dealkylation sites (N-methyl/N-ethyl adjacent to an activating group) is 1. The molecule has 4 aromatic rings. The number of amides is 2. The molecule has 0 spiro atoms. The van der Waals surface area contributed by atoms with Gasteiger partial charge in [0.15, 0.2) is 18.1 Å². The standard InChI is InChI=1S/C50H64Cl2N6O8S/c1-13-49(8,9)33-17-23-42(36(28-33)50(10,11)14-2)65-30-43(59)54-34-18-21-38(52)41(29-34)57-66-47(62)32-16-20-37(51)40(27-32)56-46(61)44(45(60)48(5,6)7)55-39-22-19-35(26-31(39)4)58(15-3)25-24-53-67(12,63)64/h16-23,26-29,53,57H,13-15,24-25,30H2,1-12H3,(H,54,59)(H,56,61). The quantitative estimate of drug-likeness (QED) is 0.0356. The molecule has 4 N–H and O–H groups in total.